The van der Waals surface area contributed by atoms with E-state index in [4.69, 9.17) is 11.6 Å². The Morgan fingerprint density at radius 2 is 2.00 bits per heavy atom. The zero-order chi connectivity index (χ0) is 13.9. The molecule has 2 aromatic rings. The van der Waals surface area contributed by atoms with Gasteiger partial charge in [-0.25, -0.2) is 10.8 Å². The smallest absolute Gasteiger partial charge is 0.222 e. The maximum absolute atomic E-state index is 5.69. The quantitative estimate of drug-likeness (QED) is 0.567. The van der Waals surface area contributed by atoms with Crippen molar-refractivity contribution in [3.05, 3.63) is 47.2 Å². The molecular formula is C14H18N6. The van der Waals surface area contributed by atoms with Crippen molar-refractivity contribution in [2.45, 2.75) is 19.5 Å². The molecule has 6 nitrogen and oxygen atoms in total. The Hall–Kier alpha value is -2.18. The average molecular weight is 270 g/mol. The van der Waals surface area contributed by atoms with Crippen LogP contribution in [-0.2, 0) is 19.5 Å². The van der Waals surface area contributed by atoms with Gasteiger partial charge in [-0.3, -0.25) is 4.90 Å². The maximum atomic E-state index is 5.69. The number of nitrogens with zero attached hydrogens (tertiary/aromatic N) is 3. The molecule has 0 atom stereocenters. The summed E-state index contributed by atoms with van der Waals surface area (Å²) in [6.45, 7) is 2.65. The number of nitrogens with one attached hydrogen (secondary N) is 1. The molecule has 20 heavy (non-hydrogen) atoms. The number of nitrogen functional groups attached to an aromatic ring is 2. The maximum Gasteiger partial charge on any atom is 0.222 e. The third kappa shape index (κ3) is 2.56. The van der Waals surface area contributed by atoms with E-state index in [1.165, 1.54) is 5.56 Å². The molecule has 2 heterocycles. The van der Waals surface area contributed by atoms with E-state index in [0.717, 1.165) is 37.3 Å². The number of hydrogen-bond donors (Lipinski definition) is 3. The molecule has 0 amide bonds. The number of rotatable bonds is 3. The molecule has 104 valence electrons. The van der Waals surface area contributed by atoms with E-state index in [2.05, 4.69) is 44.6 Å². The predicted octanol–water partition coefficient (Wildman–Crippen LogP) is 0.903. The Morgan fingerprint density at radius 3 is 2.75 bits per heavy atom. The number of hydrazine groups is 1. The largest absolute Gasteiger partial charge is 0.368 e. The molecule has 1 aliphatic heterocycles. The molecule has 0 unspecified atom stereocenters. The summed E-state index contributed by atoms with van der Waals surface area (Å²) in [7, 11) is 0. The zero-order valence-corrected chi connectivity index (χ0v) is 11.2. The Labute approximate surface area is 117 Å². The Bertz CT molecular complexity index is 581. The molecule has 6 heteroatoms. The van der Waals surface area contributed by atoms with Crippen LogP contribution in [0.2, 0.25) is 0 Å². The average Bonchev–Trinajstić information content (AvgIpc) is 2.48. The van der Waals surface area contributed by atoms with E-state index in [0.29, 0.717) is 5.82 Å². The molecule has 0 fully saturated rings. The first-order chi connectivity index (χ1) is 9.76. The molecule has 0 spiro atoms. The van der Waals surface area contributed by atoms with Gasteiger partial charge in [-0.15, -0.1) is 0 Å². The summed E-state index contributed by atoms with van der Waals surface area (Å²) in [4.78, 5) is 10.8. The van der Waals surface area contributed by atoms with Crippen molar-refractivity contribution in [1.82, 2.24) is 14.9 Å². The van der Waals surface area contributed by atoms with Crippen molar-refractivity contribution in [2.24, 2.45) is 5.84 Å². The molecule has 0 saturated heterocycles. The first-order valence-electron chi connectivity index (χ1n) is 6.64. The molecule has 0 radical (unpaired) electrons. The van der Waals surface area contributed by atoms with Crippen molar-refractivity contribution in [3.63, 3.8) is 0 Å². The minimum Gasteiger partial charge on any atom is -0.368 e. The van der Waals surface area contributed by atoms with Gasteiger partial charge in [-0.1, -0.05) is 30.3 Å². The molecule has 3 rings (SSSR count). The second kappa shape index (κ2) is 5.44. The highest BCUT2D eigenvalue weighted by molar-refractivity contribution is 5.49. The molecule has 0 aliphatic carbocycles. The summed E-state index contributed by atoms with van der Waals surface area (Å²) >= 11 is 0. The number of nitrogens with two attached hydrogens (primary N) is 2. The van der Waals surface area contributed by atoms with Gasteiger partial charge in [-0.05, 0) is 5.56 Å². The number of benzene rings is 1. The van der Waals surface area contributed by atoms with Gasteiger partial charge in [-0.2, -0.15) is 4.98 Å². The summed E-state index contributed by atoms with van der Waals surface area (Å²) < 4.78 is 0. The van der Waals surface area contributed by atoms with E-state index in [9.17, 15) is 0 Å². The zero-order valence-electron chi connectivity index (χ0n) is 11.2. The molecule has 1 aromatic carbocycles. The van der Waals surface area contributed by atoms with Gasteiger partial charge in [0, 0.05) is 31.6 Å². The topological polar surface area (TPSA) is 93.1 Å². The van der Waals surface area contributed by atoms with Gasteiger partial charge in [0.2, 0.25) is 5.95 Å². The Balaban J connectivity index is 1.81. The van der Waals surface area contributed by atoms with Crippen LogP contribution in [0.1, 0.15) is 16.8 Å². The Morgan fingerprint density at radius 1 is 1.20 bits per heavy atom. The van der Waals surface area contributed by atoms with Crippen molar-refractivity contribution in [3.8, 4) is 0 Å². The number of anilines is 2. The first-order valence-corrected chi connectivity index (χ1v) is 6.64. The lowest BCUT2D eigenvalue weighted by Gasteiger charge is -2.29. The van der Waals surface area contributed by atoms with Crippen LogP contribution in [0.5, 0.6) is 0 Å². The monoisotopic (exact) mass is 270 g/mol. The minimum atomic E-state index is 0.271. The van der Waals surface area contributed by atoms with E-state index in [-0.39, 0.29) is 5.95 Å². The minimum absolute atomic E-state index is 0.271. The molecule has 5 N–H and O–H groups in total. The molecular weight excluding hydrogens is 252 g/mol. The number of hydrogen-bond acceptors (Lipinski definition) is 6. The lowest BCUT2D eigenvalue weighted by Crippen LogP contribution is -2.32. The van der Waals surface area contributed by atoms with Gasteiger partial charge >= 0.3 is 0 Å². The lowest BCUT2D eigenvalue weighted by atomic mass is 10.1. The van der Waals surface area contributed by atoms with Crippen molar-refractivity contribution in [2.75, 3.05) is 17.7 Å². The fourth-order valence-electron chi connectivity index (χ4n) is 2.59. The summed E-state index contributed by atoms with van der Waals surface area (Å²) in [5.41, 5.74) is 11.6. The van der Waals surface area contributed by atoms with Gasteiger partial charge in [0.15, 0.2) is 0 Å². The van der Waals surface area contributed by atoms with E-state index < -0.39 is 0 Å². The van der Waals surface area contributed by atoms with Gasteiger partial charge in [0.05, 0.1) is 5.69 Å². The molecule has 0 bridgehead atoms. The fraction of sp³-hybridized carbons (Fsp3) is 0.286. The van der Waals surface area contributed by atoms with Crippen molar-refractivity contribution < 1.29 is 0 Å². The van der Waals surface area contributed by atoms with Crippen LogP contribution in [0.15, 0.2) is 30.3 Å². The third-order valence-corrected chi connectivity index (χ3v) is 3.54. The summed E-state index contributed by atoms with van der Waals surface area (Å²) in [5.74, 6) is 6.43. The summed E-state index contributed by atoms with van der Waals surface area (Å²) in [6.07, 6.45) is 0.865. The first kappa shape index (κ1) is 12.8. The van der Waals surface area contributed by atoms with Crippen LogP contribution in [0.4, 0.5) is 11.8 Å². The van der Waals surface area contributed by atoms with Crippen molar-refractivity contribution in [1.29, 1.82) is 0 Å². The van der Waals surface area contributed by atoms with Crippen LogP contribution in [0, 0.1) is 0 Å². The third-order valence-electron chi connectivity index (χ3n) is 3.54. The number of fused-ring (bicyclic) bond motifs is 1. The second-order valence-electron chi connectivity index (χ2n) is 4.95. The van der Waals surface area contributed by atoms with E-state index >= 15 is 0 Å². The lowest BCUT2D eigenvalue weighted by molar-refractivity contribution is 0.243. The van der Waals surface area contributed by atoms with Crippen molar-refractivity contribution >= 4 is 11.8 Å². The van der Waals surface area contributed by atoms with Crippen LogP contribution in [-0.4, -0.2) is 21.4 Å². The van der Waals surface area contributed by atoms with Crippen LogP contribution >= 0.6 is 0 Å². The highest BCUT2D eigenvalue weighted by Crippen LogP contribution is 2.24. The van der Waals surface area contributed by atoms with Crippen LogP contribution < -0.4 is 17.0 Å². The SMILES string of the molecule is NNc1nc(N)nc2c1CN(Cc1ccccc1)CC2. The number of aromatic nitrogens is 2. The summed E-state index contributed by atoms with van der Waals surface area (Å²) in [6, 6.07) is 10.4. The van der Waals surface area contributed by atoms with Gasteiger partial charge in [0.25, 0.3) is 0 Å². The summed E-state index contributed by atoms with van der Waals surface area (Å²) in [5, 5.41) is 0. The standard InChI is InChI=1S/C14H18N6/c15-14-17-12-6-7-20(8-10-4-2-1-3-5-10)9-11(12)13(18-14)19-16/h1-5H,6-9,16H2,(H3,15,17,18,19). The van der Waals surface area contributed by atoms with Gasteiger partial charge in [0.1, 0.15) is 5.82 Å². The molecule has 0 saturated carbocycles. The van der Waals surface area contributed by atoms with E-state index in [1.54, 1.807) is 0 Å². The van der Waals surface area contributed by atoms with Crippen LogP contribution in [0.3, 0.4) is 0 Å². The predicted molar refractivity (Wildman–Crippen MR) is 78.5 cm³/mol. The highest BCUT2D eigenvalue weighted by Gasteiger charge is 2.21. The Kier molecular flexibility index (Phi) is 3.49. The fourth-order valence-corrected chi connectivity index (χ4v) is 2.59. The second-order valence-corrected chi connectivity index (χ2v) is 4.95. The molecule has 1 aliphatic rings. The molecule has 1 aromatic heterocycles. The van der Waals surface area contributed by atoms with Crippen LogP contribution in [0.25, 0.3) is 0 Å². The normalized spacial score (nSPS) is 14.8. The van der Waals surface area contributed by atoms with E-state index in [1.807, 2.05) is 6.07 Å². The van der Waals surface area contributed by atoms with Gasteiger partial charge < -0.3 is 11.2 Å². The highest BCUT2D eigenvalue weighted by atomic mass is 15.3.